The van der Waals surface area contributed by atoms with Crippen LogP contribution >= 0.6 is 0 Å². The number of benzene rings is 4. The first kappa shape index (κ1) is 43.2. The number of nitrogens with one attached hydrogen (secondary N) is 4. The van der Waals surface area contributed by atoms with Gasteiger partial charge in [-0.25, -0.2) is 37.1 Å². The van der Waals surface area contributed by atoms with Crippen LogP contribution in [0, 0.1) is 13.8 Å². The molecular weight excluding hydrogens is 837 g/mol. The van der Waals surface area contributed by atoms with Gasteiger partial charge >= 0.3 is 12.2 Å². The fraction of sp³-hybridized carbons (Fsp3) is 0.261. The molecule has 2 fully saturated rings. The Morgan fingerprint density at radius 2 is 1.02 bits per heavy atom. The molecule has 4 heterocycles. The minimum atomic E-state index is -3.24. The molecule has 0 saturated carbocycles. The minimum absolute atomic E-state index is 0.128. The molecule has 330 valence electrons. The zero-order valence-electron chi connectivity index (χ0n) is 34.4. The van der Waals surface area contributed by atoms with Crippen molar-refractivity contribution in [2.24, 2.45) is 0 Å². The number of carboxylic acid groups (broad SMARTS) is 2. The lowest BCUT2D eigenvalue weighted by Crippen LogP contribution is -2.43. The molecule has 2 saturated heterocycles. The molecule has 14 nitrogen and oxygen atoms in total. The third-order valence-corrected chi connectivity index (χ3v) is 11.8. The number of alkyl halides is 4. The summed E-state index contributed by atoms with van der Waals surface area (Å²) in [6, 6.07) is 22.1. The molecule has 2 aliphatic rings. The van der Waals surface area contributed by atoms with E-state index in [4.69, 9.17) is 0 Å². The molecule has 6 N–H and O–H groups in total. The highest BCUT2D eigenvalue weighted by molar-refractivity contribution is 5.88. The fourth-order valence-electron chi connectivity index (χ4n) is 8.58. The van der Waals surface area contributed by atoms with Crippen molar-refractivity contribution in [3.63, 3.8) is 0 Å². The quantitative estimate of drug-likeness (QED) is 0.0696. The number of nitrogens with zero attached hydrogens (tertiary/aromatic N) is 4. The summed E-state index contributed by atoms with van der Waals surface area (Å²) in [6.45, 7) is 2.04. The van der Waals surface area contributed by atoms with Crippen molar-refractivity contribution < 1.29 is 47.0 Å². The summed E-state index contributed by atoms with van der Waals surface area (Å²) in [4.78, 5) is 67.7. The van der Waals surface area contributed by atoms with Crippen molar-refractivity contribution >= 4 is 24.0 Å². The van der Waals surface area contributed by atoms with Gasteiger partial charge in [-0.2, -0.15) is 0 Å². The van der Waals surface area contributed by atoms with Crippen molar-refractivity contribution in [2.45, 2.75) is 62.7 Å². The highest BCUT2D eigenvalue weighted by atomic mass is 19.3. The van der Waals surface area contributed by atoms with Gasteiger partial charge in [-0.05, 0) is 52.8 Å². The van der Waals surface area contributed by atoms with Crippen molar-refractivity contribution in [3.05, 3.63) is 143 Å². The van der Waals surface area contributed by atoms with Crippen LogP contribution in [0.4, 0.5) is 27.2 Å². The third-order valence-electron chi connectivity index (χ3n) is 11.8. The van der Waals surface area contributed by atoms with Gasteiger partial charge in [0.25, 0.3) is 23.7 Å². The molecule has 2 aliphatic heterocycles. The van der Waals surface area contributed by atoms with Gasteiger partial charge in [0.2, 0.25) is 0 Å². The average molecular weight is 879 g/mol. The number of rotatable bonds is 11. The van der Waals surface area contributed by atoms with E-state index in [0.717, 1.165) is 37.6 Å². The normalized spacial score (nSPS) is 18.7. The first-order chi connectivity index (χ1) is 30.5. The van der Waals surface area contributed by atoms with Crippen LogP contribution in [0.1, 0.15) is 70.9 Å². The molecule has 4 aromatic carbocycles. The van der Waals surface area contributed by atoms with Crippen molar-refractivity contribution in [2.75, 3.05) is 13.1 Å². The van der Waals surface area contributed by atoms with Crippen LogP contribution < -0.4 is 10.6 Å². The van der Waals surface area contributed by atoms with Crippen molar-refractivity contribution in [1.29, 1.82) is 0 Å². The molecule has 8 rings (SSSR count). The number of imidazole rings is 2. The molecule has 18 heteroatoms. The number of carbonyl (C=O) groups is 4. The van der Waals surface area contributed by atoms with Gasteiger partial charge in [0, 0.05) is 18.4 Å². The Hall–Kier alpha value is -7.50. The summed E-state index contributed by atoms with van der Waals surface area (Å²) in [6.07, 6.45) is -1.35. The van der Waals surface area contributed by atoms with E-state index in [2.05, 4.69) is 30.6 Å². The molecule has 0 unspecified atom stereocenters. The van der Waals surface area contributed by atoms with Crippen molar-refractivity contribution in [3.8, 4) is 33.6 Å². The number of hydrogen-bond donors (Lipinski definition) is 6. The van der Waals surface area contributed by atoms with Crippen LogP contribution in [-0.2, 0) is 9.59 Å². The maximum Gasteiger partial charge on any atom is 0.405 e. The average Bonchev–Trinajstić information content (AvgIpc) is 4.08. The second kappa shape index (κ2) is 17.0. The van der Waals surface area contributed by atoms with E-state index in [9.17, 15) is 47.0 Å². The summed E-state index contributed by atoms with van der Waals surface area (Å²) in [5, 5.41) is 23.3. The zero-order chi connectivity index (χ0) is 45.5. The maximum absolute atomic E-state index is 15.0. The van der Waals surface area contributed by atoms with Gasteiger partial charge in [-0.1, -0.05) is 97.1 Å². The number of hydrogen-bond acceptors (Lipinski definition) is 6. The van der Waals surface area contributed by atoms with Crippen molar-refractivity contribution in [1.82, 2.24) is 40.4 Å². The summed E-state index contributed by atoms with van der Waals surface area (Å²) < 4.78 is 59.9. The summed E-state index contributed by atoms with van der Waals surface area (Å²) in [5.41, 5.74) is 6.64. The van der Waals surface area contributed by atoms with Gasteiger partial charge in [0.05, 0.1) is 49.0 Å². The minimum Gasteiger partial charge on any atom is -0.465 e. The predicted octanol–water partition coefficient (Wildman–Crippen LogP) is 8.59. The van der Waals surface area contributed by atoms with Crippen LogP contribution in [0.2, 0.25) is 0 Å². The highest BCUT2D eigenvalue weighted by Crippen LogP contribution is 2.44. The molecule has 0 bridgehead atoms. The first-order valence-corrected chi connectivity index (χ1v) is 20.3. The summed E-state index contributed by atoms with van der Waals surface area (Å²) in [5.74, 6) is -7.88. The van der Waals surface area contributed by atoms with Crippen LogP contribution in [0.3, 0.4) is 0 Å². The second-order valence-electron chi connectivity index (χ2n) is 16.0. The topological polar surface area (TPSA) is 197 Å². The second-order valence-corrected chi connectivity index (χ2v) is 16.0. The molecule has 6 aromatic rings. The van der Waals surface area contributed by atoms with Gasteiger partial charge < -0.3 is 40.6 Å². The van der Waals surface area contributed by atoms with Gasteiger partial charge in [0.15, 0.2) is 0 Å². The monoisotopic (exact) mass is 878 g/mol. The van der Waals surface area contributed by atoms with Crippen LogP contribution in [0.15, 0.2) is 109 Å². The van der Waals surface area contributed by atoms with E-state index < -0.39 is 85.9 Å². The third kappa shape index (κ3) is 8.75. The van der Waals surface area contributed by atoms with E-state index in [1.54, 1.807) is 60.7 Å². The maximum atomic E-state index is 15.0. The Labute approximate surface area is 363 Å². The molecule has 64 heavy (non-hydrogen) atoms. The number of H-pyrrole nitrogens is 2. The zero-order valence-corrected chi connectivity index (χ0v) is 34.4. The van der Waals surface area contributed by atoms with E-state index >= 15 is 0 Å². The standard InChI is InChI=1S/C46H42F4N8O6/c1-25-26(2)32(34-22-52-40(54-34)36-20-46(49,50)24-58(36)42(60)38(56-44(63)64)30-11-7-4-8-12-30)18-17-31(25)27-13-15-28(16-14-27)33-21-51-39(53-33)35-19-45(47,48)23-57(35)41(59)37(55-43(61)62)29-9-5-3-6-10-29/h3-18,21-22,35-38,55-56H,19-20,23-24H2,1-2H3,(H,51,53)(H,52,54)(H,61,62)(H,63,64)/t35-,36-,37+,38+/m0/s1. The number of aromatic amines is 2. The molecular formula is C46H42F4N8O6. The molecule has 4 amide bonds. The lowest BCUT2D eigenvalue weighted by Gasteiger charge is -2.27. The number of halogens is 4. The summed E-state index contributed by atoms with van der Waals surface area (Å²) in [7, 11) is 0. The van der Waals surface area contributed by atoms with Gasteiger partial charge in [-0.3, -0.25) is 9.59 Å². The Morgan fingerprint density at radius 3 is 1.48 bits per heavy atom. The van der Waals surface area contributed by atoms with Gasteiger partial charge in [0.1, 0.15) is 23.7 Å². The molecule has 0 spiro atoms. The highest BCUT2D eigenvalue weighted by Gasteiger charge is 2.51. The predicted molar refractivity (Wildman–Crippen MR) is 225 cm³/mol. The Kier molecular flexibility index (Phi) is 11.5. The van der Waals surface area contributed by atoms with Crippen LogP contribution in [0.25, 0.3) is 33.6 Å². The smallest absolute Gasteiger partial charge is 0.405 e. The van der Waals surface area contributed by atoms with E-state index in [0.29, 0.717) is 28.1 Å². The van der Waals surface area contributed by atoms with E-state index in [-0.39, 0.29) is 11.6 Å². The number of amides is 4. The lowest BCUT2D eigenvalue weighted by molar-refractivity contribution is -0.136. The van der Waals surface area contributed by atoms with Gasteiger partial charge in [-0.15, -0.1) is 0 Å². The largest absolute Gasteiger partial charge is 0.465 e. The fourth-order valence-corrected chi connectivity index (χ4v) is 8.58. The van der Waals surface area contributed by atoms with E-state index in [1.807, 2.05) is 50.2 Å². The van der Waals surface area contributed by atoms with E-state index in [1.165, 1.54) is 12.4 Å². The van der Waals surface area contributed by atoms with Crippen LogP contribution in [-0.4, -0.2) is 88.9 Å². The number of aromatic nitrogens is 4. The Balaban J connectivity index is 0.999. The SMILES string of the molecule is Cc1c(-c2ccc(-c3cnc([C@@H]4CC(F)(F)CN4C(=O)[C@H](NC(=O)O)c4ccccc4)[nH]3)cc2)ccc(-c2cnc([C@@H]3CC(F)(F)CN3C(=O)[C@H](NC(=O)O)c3ccccc3)[nH]2)c1C. The molecule has 0 radical (unpaired) electrons. The number of likely N-dealkylation sites (tertiary alicyclic amines) is 2. The Bertz CT molecular complexity index is 2710. The molecule has 0 aliphatic carbocycles. The lowest BCUT2D eigenvalue weighted by atomic mass is 9.92. The number of carbonyl (C=O) groups excluding carboxylic acids is 2. The van der Waals surface area contributed by atoms with Crippen LogP contribution in [0.5, 0.6) is 0 Å². The molecule has 4 atom stereocenters. The first-order valence-electron chi connectivity index (χ1n) is 20.3. The summed E-state index contributed by atoms with van der Waals surface area (Å²) >= 11 is 0. The Morgan fingerprint density at radius 1 is 0.609 bits per heavy atom. The molecule has 2 aromatic heterocycles.